The van der Waals surface area contributed by atoms with Gasteiger partial charge in [0.25, 0.3) is 0 Å². The van der Waals surface area contributed by atoms with Crippen molar-refractivity contribution in [1.29, 1.82) is 0 Å². The molecule has 1 N–H and O–H groups in total. The zero-order chi connectivity index (χ0) is 26.5. The molecule has 0 radical (unpaired) electrons. The second-order valence-electron chi connectivity index (χ2n) is 9.55. The Morgan fingerprint density at radius 2 is 1.72 bits per heavy atom. The molecule has 0 spiro atoms. The largest absolute Gasteiger partial charge is 0.352 e. The third kappa shape index (κ3) is 7.16. The number of Topliss-reactive ketones (excluding diaryl/α,β-unsaturated/α-hetero) is 1. The highest BCUT2D eigenvalue weighted by atomic mass is 32.2. The lowest BCUT2D eigenvalue weighted by atomic mass is 10.1. The number of sulfonamides is 1. The van der Waals surface area contributed by atoms with Gasteiger partial charge in [0, 0.05) is 18.2 Å². The van der Waals surface area contributed by atoms with E-state index in [4.69, 9.17) is 0 Å². The number of nitrogens with one attached hydrogen (secondary N) is 1. The third-order valence-corrected chi connectivity index (χ3v) is 7.66. The Hall–Kier alpha value is -3.20. The normalized spacial score (nSPS) is 14.8. The van der Waals surface area contributed by atoms with Crippen LogP contribution in [-0.4, -0.2) is 55.8 Å². The minimum absolute atomic E-state index is 0.0951. The Balaban J connectivity index is 1.90. The first-order valence-electron chi connectivity index (χ1n) is 12.2. The van der Waals surface area contributed by atoms with E-state index in [1.165, 1.54) is 17.9 Å². The van der Waals surface area contributed by atoms with Crippen molar-refractivity contribution in [3.05, 3.63) is 65.2 Å². The van der Waals surface area contributed by atoms with Crippen LogP contribution in [0.5, 0.6) is 0 Å². The number of nitrogens with zero attached hydrogens (tertiary/aromatic N) is 2. The minimum Gasteiger partial charge on any atom is -0.352 e. The summed E-state index contributed by atoms with van der Waals surface area (Å²) >= 11 is 0. The van der Waals surface area contributed by atoms with Crippen molar-refractivity contribution in [2.24, 2.45) is 0 Å². The number of aryl methyl sites for hydroxylation is 1. The van der Waals surface area contributed by atoms with E-state index in [1.54, 1.807) is 25.1 Å². The van der Waals surface area contributed by atoms with Crippen molar-refractivity contribution < 1.29 is 22.8 Å². The predicted molar refractivity (Wildman–Crippen MR) is 140 cm³/mol. The van der Waals surface area contributed by atoms with E-state index in [9.17, 15) is 22.8 Å². The van der Waals surface area contributed by atoms with Crippen LogP contribution in [0.25, 0.3) is 0 Å². The summed E-state index contributed by atoms with van der Waals surface area (Å²) in [6.45, 7) is 4.67. The Morgan fingerprint density at radius 1 is 1.06 bits per heavy atom. The summed E-state index contributed by atoms with van der Waals surface area (Å²) in [5, 5.41) is 3.04. The lowest BCUT2D eigenvalue weighted by Gasteiger charge is -2.32. The Morgan fingerprint density at radius 3 is 2.33 bits per heavy atom. The first-order valence-corrected chi connectivity index (χ1v) is 14.0. The summed E-state index contributed by atoms with van der Waals surface area (Å²) in [4.78, 5) is 40.0. The average molecular weight is 514 g/mol. The van der Waals surface area contributed by atoms with Gasteiger partial charge in [-0.3, -0.25) is 18.7 Å². The zero-order valence-corrected chi connectivity index (χ0v) is 22.2. The summed E-state index contributed by atoms with van der Waals surface area (Å²) in [5.74, 6) is -0.980. The van der Waals surface area contributed by atoms with Gasteiger partial charge in [-0.1, -0.05) is 54.8 Å². The van der Waals surface area contributed by atoms with Crippen LogP contribution in [0.3, 0.4) is 0 Å². The lowest BCUT2D eigenvalue weighted by molar-refractivity contribution is -0.139. The molecule has 2 amide bonds. The smallest absolute Gasteiger partial charge is 0.244 e. The molecule has 1 atom stereocenters. The molecule has 1 saturated carbocycles. The van der Waals surface area contributed by atoms with Crippen molar-refractivity contribution in [2.45, 2.75) is 65.1 Å². The molecule has 8 nitrogen and oxygen atoms in total. The molecule has 1 fully saturated rings. The van der Waals surface area contributed by atoms with Crippen LogP contribution in [-0.2, 0) is 26.2 Å². The van der Waals surface area contributed by atoms with E-state index < -0.39 is 28.5 Å². The molecular formula is C27H35N3O5S. The molecular weight excluding hydrogens is 478 g/mol. The van der Waals surface area contributed by atoms with Crippen molar-refractivity contribution in [3.63, 3.8) is 0 Å². The second-order valence-corrected chi connectivity index (χ2v) is 11.5. The number of hydrogen-bond acceptors (Lipinski definition) is 5. The maximum atomic E-state index is 13.6. The van der Waals surface area contributed by atoms with Gasteiger partial charge in [-0.2, -0.15) is 0 Å². The topological polar surface area (TPSA) is 104 Å². The van der Waals surface area contributed by atoms with Gasteiger partial charge in [0.05, 0.1) is 11.9 Å². The van der Waals surface area contributed by atoms with Crippen LogP contribution < -0.4 is 9.62 Å². The Bertz CT molecular complexity index is 1220. The monoisotopic (exact) mass is 513 g/mol. The molecule has 0 aliphatic heterocycles. The molecule has 0 aromatic heterocycles. The summed E-state index contributed by atoms with van der Waals surface area (Å²) in [5.41, 5.74) is 2.42. The molecule has 1 aliphatic carbocycles. The highest BCUT2D eigenvalue weighted by Gasteiger charge is 2.31. The van der Waals surface area contributed by atoms with E-state index in [1.807, 2.05) is 31.2 Å². The molecule has 0 bridgehead atoms. The standard InChI is InChI=1S/C27H35N3O5S/c1-19-9-7-10-22(15-19)17-29(20(2)27(33)28-24-12-5-6-13-24)26(32)18-30(36(4,34)35)25-14-8-11-23(16-25)21(3)31/h7-11,14-16,20,24H,5-6,12-13,17-18H2,1-4H3,(H,28,33)/t20-/m1/s1. The second kappa shape index (κ2) is 11.7. The number of carbonyl (C=O) groups excluding carboxylic acids is 3. The maximum Gasteiger partial charge on any atom is 0.244 e. The molecule has 194 valence electrons. The van der Waals surface area contributed by atoms with Gasteiger partial charge in [-0.25, -0.2) is 8.42 Å². The summed E-state index contributed by atoms with van der Waals surface area (Å²) < 4.78 is 26.4. The molecule has 2 aromatic carbocycles. The van der Waals surface area contributed by atoms with Gasteiger partial charge in [0.15, 0.2) is 5.78 Å². The number of benzene rings is 2. The van der Waals surface area contributed by atoms with Gasteiger partial charge in [0.1, 0.15) is 12.6 Å². The number of rotatable bonds is 10. The minimum atomic E-state index is -3.86. The van der Waals surface area contributed by atoms with Crippen molar-refractivity contribution in [3.8, 4) is 0 Å². The Labute approximate surface area is 213 Å². The van der Waals surface area contributed by atoms with E-state index in [0.717, 1.165) is 47.4 Å². The molecule has 9 heteroatoms. The van der Waals surface area contributed by atoms with Crippen LogP contribution in [0, 0.1) is 6.92 Å². The van der Waals surface area contributed by atoms with E-state index in [-0.39, 0.29) is 30.0 Å². The number of amides is 2. The molecule has 0 saturated heterocycles. The van der Waals surface area contributed by atoms with Crippen molar-refractivity contribution in [2.75, 3.05) is 17.1 Å². The van der Waals surface area contributed by atoms with Crippen LogP contribution in [0.2, 0.25) is 0 Å². The highest BCUT2D eigenvalue weighted by molar-refractivity contribution is 7.92. The van der Waals surface area contributed by atoms with Crippen LogP contribution >= 0.6 is 0 Å². The molecule has 2 aromatic rings. The quantitative estimate of drug-likeness (QED) is 0.490. The van der Waals surface area contributed by atoms with Gasteiger partial charge >= 0.3 is 0 Å². The number of ketones is 1. The molecule has 36 heavy (non-hydrogen) atoms. The Kier molecular flexibility index (Phi) is 8.89. The fourth-order valence-electron chi connectivity index (χ4n) is 4.48. The van der Waals surface area contributed by atoms with Crippen molar-refractivity contribution >= 4 is 33.3 Å². The maximum absolute atomic E-state index is 13.6. The first-order chi connectivity index (χ1) is 17.0. The third-order valence-electron chi connectivity index (χ3n) is 6.52. The van der Waals surface area contributed by atoms with E-state index in [2.05, 4.69) is 5.32 Å². The average Bonchev–Trinajstić information content (AvgIpc) is 3.32. The SMILES string of the molecule is CC(=O)c1cccc(N(CC(=O)N(Cc2cccc(C)c2)[C@H](C)C(=O)NC2CCCC2)S(C)(=O)=O)c1. The number of hydrogen-bond donors (Lipinski definition) is 1. The number of carbonyl (C=O) groups is 3. The summed E-state index contributed by atoms with van der Waals surface area (Å²) in [7, 11) is -3.86. The van der Waals surface area contributed by atoms with Gasteiger partial charge in [-0.05, 0) is 51.3 Å². The fourth-order valence-corrected chi connectivity index (χ4v) is 5.32. The molecule has 3 rings (SSSR count). The van der Waals surface area contributed by atoms with Gasteiger partial charge in [-0.15, -0.1) is 0 Å². The molecule has 1 aliphatic rings. The van der Waals surface area contributed by atoms with Crippen LogP contribution in [0.1, 0.15) is 61.0 Å². The highest BCUT2D eigenvalue weighted by Crippen LogP contribution is 2.22. The predicted octanol–water partition coefficient (Wildman–Crippen LogP) is 3.44. The summed E-state index contributed by atoms with van der Waals surface area (Å²) in [6.07, 6.45) is 4.97. The fraction of sp³-hybridized carbons (Fsp3) is 0.444. The van der Waals surface area contributed by atoms with Gasteiger partial charge < -0.3 is 10.2 Å². The van der Waals surface area contributed by atoms with Crippen LogP contribution in [0.15, 0.2) is 48.5 Å². The molecule has 0 unspecified atom stereocenters. The van der Waals surface area contributed by atoms with Gasteiger partial charge in [0.2, 0.25) is 21.8 Å². The van der Waals surface area contributed by atoms with Crippen molar-refractivity contribution in [1.82, 2.24) is 10.2 Å². The van der Waals surface area contributed by atoms with E-state index in [0.29, 0.717) is 5.56 Å². The first kappa shape index (κ1) is 27.4. The van der Waals surface area contributed by atoms with E-state index >= 15 is 0 Å². The number of anilines is 1. The zero-order valence-electron chi connectivity index (χ0n) is 21.4. The lowest BCUT2D eigenvalue weighted by Crippen LogP contribution is -2.52. The van der Waals surface area contributed by atoms with Crippen LogP contribution in [0.4, 0.5) is 5.69 Å². The molecule has 0 heterocycles. The summed E-state index contributed by atoms with van der Waals surface area (Å²) in [6, 6.07) is 13.1.